The second-order valence-electron chi connectivity index (χ2n) is 3.40. The van der Waals surface area contributed by atoms with Crippen LogP contribution < -0.4 is 5.32 Å². The van der Waals surface area contributed by atoms with Crippen molar-refractivity contribution < 1.29 is 0 Å². The molecule has 0 aliphatic heterocycles. The lowest BCUT2D eigenvalue weighted by Crippen LogP contribution is -2.15. The molecular formula is C13H17N. The van der Waals surface area contributed by atoms with Crippen LogP contribution >= 0.6 is 0 Å². The van der Waals surface area contributed by atoms with Crippen LogP contribution in [0.4, 0.5) is 0 Å². The highest BCUT2D eigenvalue weighted by molar-refractivity contribution is 5.48. The Bertz CT molecular complexity index is 298. The predicted molar refractivity (Wildman–Crippen MR) is 63.2 cm³/mol. The van der Waals surface area contributed by atoms with Crippen LogP contribution in [0.3, 0.4) is 0 Å². The molecule has 1 nitrogen and oxygen atoms in total. The van der Waals surface area contributed by atoms with Gasteiger partial charge >= 0.3 is 0 Å². The fraction of sp³-hybridized carbons (Fsp3) is 0.231. The van der Waals surface area contributed by atoms with Crippen molar-refractivity contribution in [3.05, 3.63) is 54.1 Å². The van der Waals surface area contributed by atoms with Crippen molar-refractivity contribution in [2.24, 2.45) is 0 Å². The molecule has 0 radical (unpaired) electrons. The first-order chi connectivity index (χ1) is 6.79. The van der Waals surface area contributed by atoms with Crippen LogP contribution in [0.25, 0.3) is 6.08 Å². The molecule has 1 rings (SSSR count). The van der Waals surface area contributed by atoms with Crippen molar-refractivity contribution in [2.45, 2.75) is 6.92 Å². The maximum atomic E-state index is 3.82. The molecule has 0 spiro atoms. The average Bonchev–Trinajstić information content (AvgIpc) is 2.18. The van der Waals surface area contributed by atoms with Gasteiger partial charge in [0.15, 0.2) is 0 Å². The molecule has 0 aliphatic carbocycles. The smallest absolute Gasteiger partial charge is 0.0162 e. The van der Waals surface area contributed by atoms with Gasteiger partial charge in [0.1, 0.15) is 0 Å². The van der Waals surface area contributed by atoms with Crippen molar-refractivity contribution >= 4 is 6.08 Å². The van der Waals surface area contributed by atoms with Gasteiger partial charge in [-0.2, -0.15) is 0 Å². The molecule has 0 atom stereocenters. The fourth-order valence-corrected chi connectivity index (χ4v) is 1.13. The predicted octanol–water partition coefficient (Wildman–Crippen LogP) is 2.87. The van der Waals surface area contributed by atoms with E-state index >= 15 is 0 Å². The Morgan fingerprint density at radius 2 is 2.07 bits per heavy atom. The molecule has 0 saturated heterocycles. The molecule has 0 bridgehead atoms. The quantitative estimate of drug-likeness (QED) is 0.552. The molecule has 1 heteroatoms. The van der Waals surface area contributed by atoms with E-state index < -0.39 is 0 Å². The molecule has 0 amide bonds. The van der Waals surface area contributed by atoms with Crippen LogP contribution in [0, 0.1) is 0 Å². The minimum atomic E-state index is 0.888. The number of hydrogen-bond acceptors (Lipinski definition) is 1. The van der Waals surface area contributed by atoms with Crippen LogP contribution in [0.1, 0.15) is 12.5 Å². The van der Waals surface area contributed by atoms with E-state index in [1.165, 1.54) is 5.56 Å². The van der Waals surface area contributed by atoms with E-state index in [1.54, 1.807) is 0 Å². The molecule has 1 aromatic carbocycles. The van der Waals surface area contributed by atoms with E-state index in [0.29, 0.717) is 0 Å². The largest absolute Gasteiger partial charge is 0.310 e. The topological polar surface area (TPSA) is 12.0 Å². The highest BCUT2D eigenvalue weighted by Crippen LogP contribution is 1.99. The van der Waals surface area contributed by atoms with Crippen LogP contribution in [0.2, 0.25) is 0 Å². The molecular weight excluding hydrogens is 170 g/mol. The van der Waals surface area contributed by atoms with Crippen molar-refractivity contribution in [1.82, 2.24) is 5.32 Å². The number of benzene rings is 1. The standard InChI is InChI=1S/C13H17N/c1-12(2)11-14-10-6-9-13-7-4-3-5-8-13/h3-9,14H,1,10-11H2,2H3/b9-6+. The van der Waals surface area contributed by atoms with Gasteiger partial charge in [-0.3, -0.25) is 0 Å². The van der Waals surface area contributed by atoms with Gasteiger partial charge in [-0.25, -0.2) is 0 Å². The molecule has 0 fully saturated rings. The number of hydrogen-bond donors (Lipinski definition) is 1. The van der Waals surface area contributed by atoms with Gasteiger partial charge < -0.3 is 5.32 Å². The molecule has 0 saturated carbocycles. The van der Waals surface area contributed by atoms with Gasteiger partial charge in [-0.1, -0.05) is 54.6 Å². The van der Waals surface area contributed by atoms with Crippen molar-refractivity contribution in [3.8, 4) is 0 Å². The third kappa shape index (κ3) is 4.63. The summed E-state index contributed by atoms with van der Waals surface area (Å²) in [6.07, 6.45) is 4.24. The summed E-state index contributed by atoms with van der Waals surface area (Å²) in [5.74, 6) is 0. The van der Waals surface area contributed by atoms with Crippen LogP contribution in [0.5, 0.6) is 0 Å². The molecule has 0 aromatic heterocycles. The Hall–Kier alpha value is -1.34. The zero-order chi connectivity index (χ0) is 10.2. The van der Waals surface area contributed by atoms with Crippen molar-refractivity contribution in [1.29, 1.82) is 0 Å². The van der Waals surface area contributed by atoms with Crippen LogP contribution in [0.15, 0.2) is 48.6 Å². The van der Waals surface area contributed by atoms with E-state index in [0.717, 1.165) is 18.7 Å². The Morgan fingerprint density at radius 1 is 1.36 bits per heavy atom. The van der Waals surface area contributed by atoms with E-state index in [-0.39, 0.29) is 0 Å². The lowest BCUT2D eigenvalue weighted by molar-refractivity contribution is 0.818. The molecule has 0 heterocycles. The third-order valence-corrected chi connectivity index (χ3v) is 1.80. The Balaban J connectivity index is 2.25. The van der Waals surface area contributed by atoms with Crippen molar-refractivity contribution in [2.75, 3.05) is 13.1 Å². The molecule has 14 heavy (non-hydrogen) atoms. The fourth-order valence-electron chi connectivity index (χ4n) is 1.13. The molecule has 1 aromatic rings. The minimum Gasteiger partial charge on any atom is -0.310 e. The van der Waals surface area contributed by atoms with Gasteiger partial charge in [-0.05, 0) is 12.5 Å². The second kappa shape index (κ2) is 6.17. The summed E-state index contributed by atoms with van der Waals surface area (Å²) < 4.78 is 0. The first-order valence-electron chi connectivity index (χ1n) is 4.86. The summed E-state index contributed by atoms with van der Waals surface area (Å²) in [4.78, 5) is 0. The van der Waals surface area contributed by atoms with Crippen molar-refractivity contribution in [3.63, 3.8) is 0 Å². The van der Waals surface area contributed by atoms with Crippen LogP contribution in [-0.2, 0) is 0 Å². The molecule has 0 aliphatic rings. The third-order valence-electron chi connectivity index (χ3n) is 1.80. The van der Waals surface area contributed by atoms with Gasteiger partial charge in [0.2, 0.25) is 0 Å². The lowest BCUT2D eigenvalue weighted by atomic mass is 10.2. The van der Waals surface area contributed by atoms with Gasteiger partial charge in [0.25, 0.3) is 0 Å². The van der Waals surface area contributed by atoms with E-state index in [9.17, 15) is 0 Å². The molecule has 74 valence electrons. The lowest BCUT2D eigenvalue weighted by Gasteiger charge is -1.98. The first kappa shape index (κ1) is 10.7. The molecule has 1 N–H and O–H groups in total. The van der Waals surface area contributed by atoms with Gasteiger partial charge in [0.05, 0.1) is 0 Å². The van der Waals surface area contributed by atoms with E-state index in [4.69, 9.17) is 0 Å². The maximum absolute atomic E-state index is 3.82. The maximum Gasteiger partial charge on any atom is 0.0162 e. The monoisotopic (exact) mass is 187 g/mol. The van der Waals surface area contributed by atoms with Crippen LogP contribution in [-0.4, -0.2) is 13.1 Å². The second-order valence-corrected chi connectivity index (χ2v) is 3.40. The summed E-state index contributed by atoms with van der Waals surface area (Å²) in [5, 5.41) is 3.27. The zero-order valence-corrected chi connectivity index (χ0v) is 8.66. The Kier molecular flexibility index (Phi) is 4.73. The minimum absolute atomic E-state index is 0.888. The Morgan fingerprint density at radius 3 is 2.71 bits per heavy atom. The average molecular weight is 187 g/mol. The normalized spacial score (nSPS) is 10.6. The van der Waals surface area contributed by atoms with E-state index in [1.807, 2.05) is 25.1 Å². The van der Waals surface area contributed by atoms with Gasteiger partial charge in [-0.15, -0.1) is 0 Å². The summed E-state index contributed by atoms with van der Waals surface area (Å²) >= 11 is 0. The molecule has 0 unspecified atom stereocenters. The summed E-state index contributed by atoms with van der Waals surface area (Å²) in [6.45, 7) is 7.62. The highest BCUT2D eigenvalue weighted by Gasteiger charge is 1.84. The highest BCUT2D eigenvalue weighted by atomic mass is 14.8. The van der Waals surface area contributed by atoms with Gasteiger partial charge in [0, 0.05) is 13.1 Å². The Labute approximate surface area is 86.2 Å². The van der Waals surface area contributed by atoms with E-state index in [2.05, 4.69) is 36.2 Å². The zero-order valence-electron chi connectivity index (χ0n) is 8.66. The number of rotatable bonds is 5. The SMILES string of the molecule is C=C(C)CNC/C=C/c1ccccc1. The summed E-state index contributed by atoms with van der Waals surface area (Å²) in [7, 11) is 0. The summed E-state index contributed by atoms with van der Waals surface area (Å²) in [5.41, 5.74) is 2.41. The first-order valence-corrected chi connectivity index (χ1v) is 4.86. The summed E-state index contributed by atoms with van der Waals surface area (Å²) in [6, 6.07) is 10.3. The number of nitrogens with one attached hydrogen (secondary N) is 1.